The molecule has 3 heteroatoms. The van der Waals surface area contributed by atoms with Crippen LogP contribution in [0.2, 0.25) is 0 Å². The molecule has 1 aromatic carbocycles. The number of hydrogen-bond acceptors (Lipinski definition) is 3. The van der Waals surface area contributed by atoms with Gasteiger partial charge in [0, 0.05) is 29.2 Å². The summed E-state index contributed by atoms with van der Waals surface area (Å²) in [5.74, 6) is 1.51. The van der Waals surface area contributed by atoms with Crippen molar-refractivity contribution >= 4 is 22.3 Å². The van der Waals surface area contributed by atoms with Crippen LogP contribution in [-0.2, 0) is 0 Å². The zero-order chi connectivity index (χ0) is 12.4. The fourth-order valence-electron chi connectivity index (χ4n) is 1.94. The lowest BCUT2D eigenvalue weighted by atomic mass is 10.1. The van der Waals surface area contributed by atoms with E-state index in [1.54, 1.807) is 0 Å². The Labute approximate surface area is 102 Å². The molecule has 0 bridgehead atoms. The zero-order valence-electron chi connectivity index (χ0n) is 10.6. The molecule has 17 heavy (non-hydrogen) atoms. The highest BCUT2D eigenvalue weighted by molar-refractivity contribution is 6.01. The van der Waals surface area contributed by atoms with Gasteiger partial charge in [-0.3, -0.25) is 0 Å². The first-order valence-electron chi connectivity index (χ1n) is 5.97. The smallest absolute Gasteiger partial charge is 0.133 e. The number of hydrogen-bond donors (Lipinski definition) is 2. The van der Waals surface area contributed by atoms with Crippen LogP contribution in [0.15, 0.2) is 24.4 Å². The van der Waals surface area contributed by atoms with Crippen molar-refractivity contribution in [3.63, 3.8) is 0 Å². The van der Waals surface area contributed by atoms with Crippen LogP contribution < -0.4 is 11.1 Å². The highest BCUT2D eigenvalue weighted by Gasteiger charge is 2.07. The van der Waals surface area contributed by atoms with Gasteiger partial charge < -0.3 is 11.1 Å². The number of nitrogen functional groups attached to an aromatic ring is 1. The molecule has 0 aliphatic carbocycles. The van der Waals surface area contributed by atoms with Crippen molar-refractivity contribution in [3.05, 3.63) is 30.0 Å². The Morgan fingerprint density at radius 2 is 2.12 bits per heavy atom. The normalized spacial score (nSPS) is 11.1. The molecule has 0 fully saturated rings. The number of fused-ring (bicyclic) bond motifs is 1. The Kier molecular flexibility index (Phi) is 3.18. The highest BCUT2D eigenvalue weighted by atomic mass is 15.0. The molecule has 1 aromatic heterocycles. The maximum Gasteiger partial charge on any atom is 0.133 e. The van der Waals surface area contributed by atoms with Gasteiger partial charge in [0.05, 0.1) is 0 Å². The third kappa shape index (κ3) is 2.33. The van der Waals surface area contributed by atoms with Crippen LogP contribution in [-0.4, -0.2) is 11.5 Å². The number of benzene rings is 1. The molecule has 3 N–H and O–H groups in total. The second-order valence-corrected chi connectivity index (χ2v) is 4.83. The Balaban J connectivity index is 2.51. The summed E-state index contributed by atoms with van der Waals surface area (Å²) in [7, 11) is 0. The zero-order valence-corrected chi connectivity index (χ0v) is 10.6. The van der Waals surface area contributed by atoms with Crippen LogP contribution >= 0.6 is 0 Å². The average molecular weight is 229 g/mol. The first kappa shape index (κ1) is 11.7. The predicted molar refractivity (Wildman–Crippen MR) is 74.2 cm³/mol. The third-order valence-corrected chi connectivity index (χ3v) is 2.81. The lowest BCUT2D eigenvalue weighted by molar-refractivity contribution is 0.687. The number of anilines is 2. The minimum atomic E-state index is 0.592. The summed E-state index contributed by atoms with van der Waals surface area (Å²) in [6, 6.07) is 5.97. The highest BCUT2D eigenvalue weighted by Crippen LogP contribution is 2.28. The van der Waals surface area contributed by atoms with Gasteiger partial charge in [-0.1, -0.05) is 26.0 Å². The van der Waals surface area contributed by atoms with Gasteiger partial charge >= 0.3 is 0 Å². The van der Waals surface area contributed by atoms with Crippen LogP contribution in [0, 0.1) is 12.8 Å². The lowest BCUT2D eigenvalue weighted by Crippen LogP contribution is -2.09. The molecule has 2 aromatic rings. The Morgan fingerprint density at radius 3 is 2.82 bits per heavy atom. The van der Waals surface area contributed by atoms with E-state index in [0.29, 0.717) is 5.92 Å². The molecule has 1 heterocycles. The molecular weight excluding hydrogens is 210 g/mol. The van der Waals surface area contributed by atoms with Crippen LogP contribution in [0.3, 0.4) is 0 Å². The van der Waals surface area contributed by atoms with Gasteiger partial charge in [-0.2, -0.15) is 0 Å². The Hall–Kier alpha value is -1.77. The van der Waals surface area contributed by atoms with Gasteiger partial charge in [0.15, 0.2) is 0 Å². The number of aryl methyl sites for hydroxylation is 1. The van der Waals surface area contributed by atoms with E-state index in [9.17, 15) is 0 Å². The largest absolute Gasteiger partial charge is 0.398 e. The number of pyridine rings is 1. The van der Waals surface area contributed by atoms with E-state index in [4.69, 9.17) is 5.73 Å². The minimum Gasteiger partial charge on any atom is -0.398 e. The first-order valence-corrected chi connectivity index (χ1v) is 5.97. The number of nitrogens with zero attached hydrogens (tertiary/aromatic N) is 1. The predicted octanol–water partition coefficient (Wildman–Crippen LogP) is 3.19. The van der Waals surface area contributed by atoms with Gasteiger partial charge in [-0.25, -0.2) is 4.98 Å². The van der Waals surface area contributed by atoms with Crippen molar-refractivity contribution in [2.45, 2.75) is 20.8 Å². The van der Waals surface area contributed by atoms with E-state index < -0.39 is 0 Å². The summed E-state index contributed by atoms with van der Waals surface area (Å²) in [5.41, 5.74) is 7.96. The number of nitrogens with one attached hydrogen (secondary N) is 1. The molecule has 0 saturated heterocycles. The van der Waals surface area contributed by atoms with E-state index in [1.807, 2.05) is 25.3 Å². The second kappa shape index (κ2) is 4.62. The molecule has 0 atom stereocenters. The molecule has 0 saturated carbocycles. The van der Waals surface area contributed by atoms with Gasteiger partial charge in [0.25, 0.3) is 0 Å². The molecule has 0 aliphatic rings. The summed E-state index contributed by atoms with van der Waals surface area (Å²) in [6.45, 7) is 7.31. The van der Waals surface area contributed by atoms with Gasteiger partial charge in [0.2, 0.25) is 0 Å². The second-order valence-electron chi connectivity index (χ2n) is 4.83. The number of nitrogens with two attached hydrogens (primary N) is 1. The summed E-state index contributed by atoms with van der Waals surface area (Å²) in [6.07, 6.45) is 1.88. The van der Waals surface area contributed by atoms with Crippen LogP contribution in [0.25, 0.3) is 10.8 Å². The van der Waals surface area contributed by atoms with Crippen molar-refractivity contribution in [1.82, 2.24) is 4.98 Å². The van der Waals surface area contributed by atoms with E-state index in [0.717, 1.165) is 34.4 Å². The summed E-state index contributed by atoms with van der Waals surface area (Å²) < 4.78 is 0. The number of rotatable bonds is 3. The fraction of sp³-hybridized carbons (Fsp3) is 0.357. The summed E-state index contributed by atoms with van der Waals surface area (Å²) >= 11 is 0. The van der Waals surface area contributed by atoms with E-state index in [-0.39, 0.29) is 0 Å². The molecule has 0 amide bonds. The van der Waals surface area contributed by atoms with Crippen LogP contribution in [0.5, 0.6) is 0 Å². The topological polar surface area (TPSA) is 50.9 Å². The van der Waals surface area contributed by atoms with Crippen molar-refractivity contribution in [2.24, 2.45) is 5.92 Å². The summed E-state index contributed by atoms with van der Waals surface area (Å²) in [4.78, 5) is 4.45. The van der Waals surface area contributed by atoms with E-state index in [2.05, 4.69) is 30.2 Å². The van der Waals surface area contributed by atoms with Crippen LogP contribution in [0.1, 0.15) is 19.4 Å². The van der Waals surface area contributed by atoms with Crippen molar-refractivity contribution in [3.8, 4) is 0 Å². The quantitative estimate of drug-likeness (QED) is 0.795. The van der Waals surface area contributed by atoms with Gasteiger partial charge in [0.1, 0.15) is 5.82 Å². The van der Waals surface area contributed by atoms with Crippen molar-refractivity contribution < 1.29 is 0 Å². The van der Waals surface area contributed by atoms with E-state index in [1.165, 1.54) is 0 Å². The van der Waals surface area contributed by atoms with Crippen molar-refractivity contribution in [2.75, 3.05) is 17.6 Å². The summed E-state index contributed by atoms with van der Waals surface area (Å²) in [5, 5.41) is 5.58. The third-order valence-electron chi connectivity index (χ3n) is 2.81. The maximum absolute atomic E-state index is 6.03. The van der Waals surface area contributed by atoms with Gasteiger partial charge in [-0.15, -0.1) is 0 Å². The maximum atomic E-state index is 6.03. The molecule has 2 rings (SSSR count). The minimum absolute atomic E-state index is 0.592. The molecule has 0 radical (unpaired) electrons. The molecule has 0 aliphatic heterocycles. The number of aromatic nitrogens is 1. The first-order chi connectivity index (χ1) is 8.09. The molecule has 90 valence electrons. The van der Waals surface area contributed by atoms with Crippen molar-refractivity contribution in [1.29, 1.82) is 0 Å². The average Bonchev–Trinajstić information content (AvgIpc) is 2.28. The molecular formula is C14H19N3. The van der Waals surface area contributed by atoms with E-state index >= 15 is 0 Å². The Bertz CT molecular complexity index is 524. The molecule has 0 unspecified atom stereocenters. The lowest BCUT2D eigenvalue weighted by Gasteiger charge is -2.13. The van der Waals surface area contributed by atoms with Gasteiger partial charge in [-0.05, 0) is 24.5 Å². The Morgan fingerprint density at radius 1 is 1.35 bits per heavy atom. The molecule has 3 nitrogen and oxygen atoms in total. The molecule has 0 spiro atoms. The van der Waals surface area contributed by atoms with Crippen LogP contribution in [0.4, 0.5) is 11.5 Å². The fourth-order valence-corrected chi connectivity index (χ4v) is 1.94. The monoisotopic (exact) mass is 229 g/mol. The SMILES string of the molecule is Cc1cnc(NCC(C)C)c2cccc(N)c12. The standard InChI is InChI=1S/C14H19N3/c1-9(2)7-16-14-11-5-4-6-12(15)13(11)10(3)8-17-14/h4-6,8-9H,7,15H2,1-3H3,(H,16,17).